The van der Waals surface area contributed by atoms with Gasteiger partial charge >= 0.3 is 0 Å². The van der Waals surface area contributed by atoms with Gasteiger partial charge in [-0.15, -0.1) is 0 Å². The van der Waals surface area contributed by atoms with Crippen molar-refractivity contribution >= 4 is 21.6 Å². The van der Waals surface area contributed by atoms with Crippen LogP contribution < -0.4 is 4.72 Å². The molecule has 1 N–H and O–H groups in total. The fourth-order valence-corrected chi connectivity index (χ4v) is 3.62. The summed E-state index contributed by atoms with van der Waals surface area (Å²) in [6.45, 7) is 0.574. The minimum atomic E-state index is -3.63. The first-order chi connectivity index (χ1) is 10.0. The molecule has 0 spiro atoms. The molecule has 1 saturated carbocycles. The molecule has 114 valence electrons. The van der Waals surface area contributed by atoms with Crippen LogP contribution in [-0.2, 0) is 14.8 Å². The van der Waals surface area contributed by atoms with E-state index >= 15 is 0 Å². The second-order valence-electron chi connectivity index (χ2n) is 4.93. The van der Waals surface area contributed by atoms with E-state index < -0.39 is 10.0 Å². The van der Waals surface area contributed by atoms with E-state index in [9.17, 15) is 8.42 Å². The van der Waals surface area contributed by atoms with Gasteiger partial charge in [-0.2, -0.15) is 5.26 Å². The van der Waals surface area contributed by atoms with Gasteiger partial charge in [-0.3, -0.25) is 0 Å². The number of benzene rings is 1. The lowest BCUT2D eigenvalue weighted by Crippen LogP contribution is -2.28. The number of hydrogen-bond acceptors (Lipinski definition) is 4. The van der Waals surface area contributed by atoms with Crippen LogP contribution in [0.1, 0.15) is 31.2 Å². The van der Waals surface area contributed by atoms with Crippen LogP contribution in [0.2, 0.25) is 5.02 Å². The Morgan fingerprint density at radius 2 is 2.10 bits per heavy atom. The Labute approximate surface area is 129 Å². The minimum Gasteiger partial charge on any atom is -0.377 e. The van der Waals surface area contributed by atoms with Gasteiger partial charge in [0.15, 0.2) is 0 Å². The highest BCUT2D eigenvalue weighted by molar-refractivity contribution is 7.89. The summed E-state index contributed by atoms with van der Waals surface area (Å²) in [5.74, 6) is 0. The Balaban J connectivity index is 1.89. The fraction of sp³-hybridized carbons (Fsp3) is 0.500. The number of rotatable bonds is 6. The van der Waals surface area contributed by atoms with Crippen molar-refractivity contribution in [2.24, 2.45) is 0 Å². The molecule has 0 saturated heterocycles. The summed E-state index contributed by atoms with van der Waals surface area (Å²) in [7, 11) is -3.63. The van der Waals surface area contributed by atoms with E-state index in [1.807, 2.05) is 6.07 Å². The summed E-state index contributed by atoms with van der Waals surface area (Å²) in [4.78, 5) is 0.0485. The molecule has 0 aromatic heterocycles. The van der Waals surface area contributed by atoms with E-state index in [2.05, 4.69) is 4.72 Å². The molecule has 7 heteroatoms. The number of nitrogens with one attached hydrogen (secondary N) is 1. The second kappa shape index (κ2) is 7.23. The Hall–Kier alpha value is -1.13. The zero-order chi connectivity index (χ0) is 15.3. The topological polar surface area (TPSA) is 79.2 Å². The van der Waals surface area contributed by atoms with E-state index in [0.29, 0.717) is 6.61 Å². The molecule has 1 aromatic rings. The molecule has 0 amide bonds. The predicted molar refractivity (Wildman–Crippen MR) is 79.6 cm³/mol. The number of sulfonamides is 1. The van der Waals surface area contributed by atoms with Crippen molar-refractivity contribution in [3.8, 4) is 6.07 Å². The average Bonchev–Trinajstić information content (AvgIpc) is 2.97. The van der Waals surface area contributed by atoms with E-state index in [4.69, 9.17) is 21.6 Å². The highest BCUT2D eigenvalue weighted by Gasteiger charge is 2.17. The standard InChI is InChI=1S/C14H17ClN2O3S/c15-14-9-13(6-5-11(14)10-16)21(18,19)17-7-8-20-12-3-1-2-4-12/h5-6,9,12,17H,1-4,7-8H2. The third-order valence-corrected chi connectivity index (χ3v) is 5.19. The molecule has 0 bridgehead atoms. The van der Waals surface area contributed by atoms with Gasteiger partial charge in [-0.05, 0) is 31.0 Å². The van der Waals surface area contributed by atoms with E-state index in [-0.39, 0.29) is 28.1 Å². The van der Waals surface area contributed by atoms with Crippen molar-refractivity contribution in [1.82, 2.24) is 4.72 Å². The molecular weight excluding hydrogens is 312 g/mol. The summed E-state index contributed by atoms with van der Waals surface area (Å²) < 4.78 is 32.2. The molecule has 0 atom stereocenters. The van der Waals surface area contributed by atoms with Crippen LogP contribution in [0.15, 0.2) is 23.1 Å². The number of hydrogen-bond donors (Lipinski definition) is 1. The first-order valence-electron chi connectivity index (χ1n) is 6.84. The first-order valence-corrected chi connectivity index (χ1v) is 8.70. The van der Waals surface area contributed by atoms with Crippen molar-refractivity contribution in [3.05, 3.63) is 28.8 Å². The molecule has 5 nitrogen and oxygen atoms in total. The van der Waals surface area contributed by atoms with Crippen LogP contribution in [0.25, 0.3) is 0 Å². The van der Waals surface area contributed by atoms with Gasteiger partial charge in [0, 0.05) is 6.54 Å². The SMILES string of the molecule is N#Cc1ccc(S(=O)(=O)NCCOC2CCCC2)cc1Cl. The molecule has 0 aliphatic heterocycles. The van der Waals surface area contributed by atoms with Gasteiger partial charge in [-0.25, -0.2) is 13.1 Å². The van der Waals surface area contributed by atoms with Crippen LogP contribution in [0.3, 0.4) is 0 Å². The fourth-order valence-electron chi connectivity index (χ4n) is 2.29. The number of nitriles is 1. The second-order valence-corrected chi connectivity index (χ2v) is 7.10. The van der Waals surface area contributed by atoms with Crippen molar-refractivity contribution in [2.75, 3.05) is 13.2 Å². The van der Waals surface area contributed by atoms with Gasteiger partial charge in [0.05, 0.1) is 28.2 Å². The lowest BCUT2D eigenvalue weighted by Gasteiger charge is -2.12. The van der Waals surface area contributed by atoms with Crippen LogP contribution in [0.5, 0.6) is 0 Å². The van der Waals surface area contributed by atoms with Crippen molar-refractivity contribution in [1.29, 1.82) is 5.26 Å². The van der Waals surface area contributed by atoms with Gasteiger partial charge in [-0.1, -0.05) is 24.4 Å². The van der Waals surface area contributed by atoms with Gasteiger partial charge in [0.2, 0.25) is 10.0 Å². The summed E-state index contributed by atoms with van der Waals surface area (Å²) >= 11 is 5.84. The Kier molecular flexibility index (Phi) is 5.59. The highest BCUT2D eigenvalue weighted by atomic mass is 35.5. The molecule has 0 heterocycles. The van der Waals surface area contributed by atoms with Gasteiger partial charge in [0.1, 0.15) is 6.07 Å². The molecular formula is C14H17ClN2O3S. The molecule has 1 aliphatic carbocycles. The zero-order valence-electron chi connectivity index (χ0n) is 11.5. The molecule has 1 aromatic carbocycles. The Morgan fingerprint density at radius 1 is 1.38 bits per heavy atom. The van der Waals surface area contributed by atoms with E-state index in [0.717, 1.165) is 12.8 Å². The summed E-state index contributed by atoms with van der Waals surface area (Å²) in [6.07, 6.45) is 4.73. The Morgan fingerprint density at radius 3 is 2.71 bits per heavy atom. The maximum Gasteiger partial charge on any atom is 0.240 e. The van der Waals surface area contributed by atoms with Crippen LogP contribution in [-0.4, -0.2) is 27.7 Å². The monoisotopic (exact) mass is 328 g/mol. The number of nitrogens with zero attached hydrogens (tertiary/aromatic N) is 1. The maximum absolute atomic E-state index is 12.1. The molecule has 1 aliphatic rings. The molecule has 2 rings (SSSR count). The Bertz CT molecular complexity index is 634. The van der Waals surface area contributed by atoms with Gasteiger partial charge < -0.3 is 4.74 Å². The quantitative estimate of drug-likeness (QED) is 0.813. The van der Waals surface area contributed by atoms with E-state index in [1.165, 1.54) is 31.0 Å². The smallest absolute Gasteiger partial charge is 0.240 e. The number of ether oxygens (including phenoxy) is 1. The maximum atomic E-state index is 12.1. The minimum absolute atomic E-state index is 0.0485. The average molecular weight is 329 g/mol. The van der Waals surface area contributed by atoms with Gasteiger partial charge in [0.25, 0.3) is 0 Å². The first kappa shape index (κ1) is 16.2. The van der Waals surface area contributed by atoms with Crippen LogP contribution >= 0.6 is 11.6 Å². The third-order valence-electron chi connectivity index (χ3n) is 3.42. The summed E-state index contributed by atoms with van der Waals surface area (Å²) in [5.41, 5.74) is 0.250. The third kappa shape index (κ3) is 4.42. The molecule has 21 heavy (non-hydrogen) atoms. The lowest BCUT2D eigenvalue weighted by atomic mass is 10.2. The zero-order valence-corrected chi connectivity index (χ0v) is 13.1. The summed E-state index contributed by atoms with van der Waals surface area (Å²) in [5, 5.41) is 8.90. The molecule has 0 unspecified atom stereocenters. The normalized spacial score (nSPS) is 16.0. The lowest BCUT2D eigenvalue weighted by molar-refractivity contribution is 0.0626. The van der Waals surface area contributed by atoms with Crippen LogP contribution in [0, 0.1) is 11.3 Å². The predicted octanol–water partition coefficient (Wildman–Crippen LogP) is 2.45. The highest BCUT2D eigenvalue weighted by Crippen LogP contribution is 2.21. The molecule has 0 radical (unpaired) electrons. The van der Waals surface area contributed by atoms with E-state index in [1.54, 1.807) is 0 Å². The van der Waals surface area contributed by atoms with Crippen molar-refractivity contribution in [2.45, 2.75) is 36.7 Å². The summed E-state index contributed by atoms with van der Waals surface area (Å²) in [6, 6.07) is 5.93. The van der Waals surface area contributed by atoms with Crippen molar-refractivity contribution in [3.63, 3.8) is 0 Å². The number of halogens is 1. The largest absolute Gasteiger partial charge is 0.377 e. The van der Waals surface area contributed by atoms with Crippen LogP contribution in [0.4, 0.5) is 0 Å². The van der Waals surface area contributed by atoms with Crippen molar-refractivity contribution < 1.29 is 13.2 Å². The molecule has 1 fully saturated rings.